The van der Waals surface area contributed by atoms with Crippen molar-refractivity contribution in [1.82, 2.24) is 25.6 Å². The molecule has 5 rings (SSSR count). The zero-order valence-electron chi connectivity index (χ0n) is 36.1. The van der Waals surface area contributed by atoms with Crippen molar-refractivity contribution in [3.63, 3.8) is 0 Å². The largest absolute Gasteiger partial charge is 0.496 e. The Morgan fingerprint density at radius 3 is 2.43 bits per heavy atom. The van der Waals surface area contributed by atoms with Crippen LogP contribution in [0.5, 0.6) is 5.75 Å². The molecule has 1 saturated carbocycles. The second kappa shape index (κ2) is 18.8. The van der Waals surface area contributed by atoms with Crippen LogP contribution in [0.1, 0.15) is 69.6 Å². The lowest BCUT2D eigenvalue weighted by atomic mass is 9.58. The zero-order valence-corrected chi connectivity index (χ0v) is 36.1. The number of hydroxylamine groups is 2. The standard InChI is InChI=1S/C45H65FN6O6/c1-26-18-38(27(2)28(3)45(26,5)6)49-44(56)41-40(29(4)54)39(25-53)58-52(41)24-36-37(46)16-15-35(42(36)57-11)30-19-31(21-34(20-30)51(9)10)43(55)48-33(23-50(7)8)22-32-14-12-13-17-47-32/h12-17,19-21,26-29,33,38-41,53-54H,18,22-25H2,1-11H3,(H,48,55)(H,49,56)/t26-,27+,28+,29+,33+,38+,39+,40-,41+/m1/s1. The number of carbonyl (C=O) groups excluding carboxylic acids is 2. The molecule has 318 valence electrons. The van der Waals surface area contributed by atoms with Gasteiger partial charge in [-0.3, -0.25) is 19.4 Å². The van der Waals surface area contributed by atoms with Gasteiger partial charge in [-0.05, 0) is 98.6 Å². The molecule has 2 aromatic carbocycles. The van der Waals surface area contributed by atoms with Gasteiger partial charge < -0.3 is 35.4 Å². The number of carbonyl (C=O) groups is 2. The van der Waals surface area contributed by atoms with Crippen molar-refractivity contribution in [3.8, 4) is 16.9 Å². The fourth-order valence-corrected chi connectivity index (χ4v) is 8.87. The van der Waals surface area contributed by atoms with Crippen molar-refractivity contribution in [2.45, 2.75) is 91.3 Å². The van der Waals surface area contributed by atoms with Gasteiger partial charge in [0.2, 0.25) is 5.91 Å². The Bertz CT molecular complexity index is 1880. The maximum atomic E-state index is 16.1. The number of benzene rings is 2. The quantitative estimate of drug-likeness (QED) is 0.163. The number of hydrogen-bond donors (Lipinski definition) is 4. The second-order valence-electron chi connectivity index (χ2n) is 17.6. The lowest BCUT2D eigenvalue weighted by Crippen LogP contribution is -2.56. The molecule has 12 nitrogen and oxygen atoms in total. The highest BCUT2D eigenvalue weighted by atomic mass is 19.1. The number of halogens is 1. The Labute approximate surface area is 344 Å². The minimum Gasteiger partial charge on any atom is -0.496 e. The van der Waals surface area contributed by atoms with E-state index in [9.17, 15) is 19.8 Å². The van der Waals surface area contributed by atoms with E-state index in [4.69, 9.17) is 9.57 Å². The van der Waals surface area contributed by atoms with Gasteiger partial charge in [-0.2, -0.15) is 5.06 Å². The number of nitrogens with zero attached hydrogens (tertiary/aromatic N) is 4. The van der Waals surface area contributed by atoms with Crippen molar-refractivity contribution in [3.05, 3.63) is 77.4 Å². The normalized spacial score (nSPS) is 25.6. The molecule has 0 spiro atoms. The second-order valence-corrected chi connectivity index (χ2v) is 17.6. The van der Waals surface area contributed by atoms with Crippen molar-refractivity contribution in [2.75, 3.05) is 53.4 Å². The summed E-state index contributed by atoms with van der Waals surface area (Å²) in [4.78, 5) is 43.0. The van der Waals surface area contributed by atoms with Gasteiger partial charge in [-0.15, -0.1) is 0 Å². The average Bonchev–Trinajstić information content (AvgIpc) is 3.55. The molecule has 0 unspecified atom stereocenters. The monoisotopic (exact) mass is 804 g/mol. The summed E-state index contributed by atoms with van der Waals surface area (Å²) in [5.41, 5.74) is 3.39. The molecule has 1 saturated heterocycles. The topological polar surface area (TPSA) is 140 Å². The number of nitrogens with one attached hydrogen (secondary N) is 2. The van der Waals surface area contributed by atoms with Gasteiger partial charge in [0.15, 0.2) is 0 Å². The van der Waals surface area contributed by atoms with Gasteiger partial charge in [0, 0.05) is 79.3 Å². The highest BCUT2D eigenvalue weighted by molar-refractivity contribution is 5.97. The Kier molecular flexibility index (Phi) is 14.6. The van der Waals surface area contributed by atoms with Gasteiger partial charge in [0.25, 0.3) is 5.91 Å². The average molecular weight is 805 g/mol. The molecule has 2 heterocycles. The summed E-state index contributed by atoms with van der Waals surface area (Å²) in [5, 5.41) is 29.2. The molecule has 58 heavy (non-hydrogen) atoms. The number of pyridine rings is 1. The minimum atomic E-state index is -1.04. The maximum Gasteiger partial charge on any atom is 0.251 e. The van der Waals surface area contributed by atoms with Crippen molar-refractivity contribution in [1.29, 1.82) is 0 Å². The zero-order chi connectivity index (χ0) is 42.6. The van der Waals surface area contributed by atoms with E-state index in [-0.39, 0.29) is 53.1 Å². The summed E-state index contributed by atoms with van der Waals surface area (Å²) < 4.78 is 22.1. The van der Waals surface area contributed by atoms with Crippen LogP contribution < -0.4 is 20.3 Å². The van der Waals surface area contributed by atoms with Crippen LogP contribution in [-0.4, -0.2) is 116 Å². The first-order valence-electron chi connectivity index (χ1n) is 20.4. The molecule has 2 amide bonds. The number of aliphatic hydroxyl groups excluding tert-OH is 2. The number of rotatable bonds is 15. The molecular weight excluding hydrogens is 740 g/mol. The van der Waals surface area contributed by atoms with Crippen LogP contribution in [0.4, 0.5) is 10.1 Å². The first kappa shape index (κ1) is 45.0. The van der Waals surface area contributed by atoms with Gasteiger partial charge in [0.1, 0.15) is 23.7 Å². The van der Waals surface area contributed by atoms with E-state index in [1.165, 1.54) is 18.2 Å². The SMILES string of the molecule is COc1c(-c2cc(C(=O)N[C@@H](Cc3ccccn3)CN(C)C)cc(N(C)C)c2)ccc(F)c1CN1O[C@@H](CO)[C@@H]([C@H](C)O)[C@H]1C(=O)N[C@H]1C[C@@H](C)C(C)(C)[C@@H](C)[C@@H]1C. The van der Waals surface area contributed by atoms with Crippen molar-refractivity contribution >= 4 is 17.5 Å². The van der Waals surface area contributed by atoms with Crippen molar-refractivity contribution < 1.29 is 33.8 Å². The third-order valence-corrected chi connectivity index (χ3v) is 13.0. The summed E-state index contributed by atoms with van der Waals surface area (Å²) in [7, 11) is 9.12. The number of methoxy groups -OCH3 is 1. The van der Waals surface area contributed by atoms with Gasteiger partial charge >= 0.3 is 0 Å². The summed E-state index contributed by atoms with van der Waals surface area (Å²) in [6.07, 6.45) is 1.15. The van der Waals surface area contributed by atoms with Crippen LogP contribution in [0, 0.1) is 34.9 Å². The molecule has 13 heteroatoms. The minimum absolute atomic E-state index is 0.0948. The number of hydrogen-bond acceptors (Lipinski definition) is 10. The van der Waals surface area contributed by atoms with Crippen LogP contribution >= 0.6 is 0 Å². The Hall–Kier alpha value is -4.14. The Morgan fingerprint density at radius 2 is 1.83 bits per heavy atom. The molecule has 2 aliphatic rings. The molecule has 3 aromatic rings. The molecule has 1 aliphatic carbocycles. The third kappa shape index (κ3) is 9.82. The maximum absolute atomic E-state index is 16.1. The predicted molar refractivity (Wildman–Crippen MR) is 225 cm³/mol. The van der Waals surface area contributed by atoms with Crippen LogP contribution in [0.15, 0.2) is 54.7 Å². The predicted octanol–water partition coefficient (Wildman–Crippen LogP) is 5.16. The van der Waals surface area contributed by atoms with Crippen LogP contribution in [0.25, 0.3) is 11.1 Å². The molecule has 4 N–H and O–H groups in total. The van der Waals surface area contributed by atoms with Crippen LogP contribution in [-0.2, 0) is 22.6 Å². The number of likely N-dealkylation sites (N-methyl/N-ethyl adjacent to an activating group) is 1. The van der Waals surface area contributed by atoms with E-state index in [1.54, 1.807) is 25.3 Å². The smallest absolute Gasteiger partial charge is 0.251 e. The summed E-state index contributed by atoms with van der Waals surface area (Å²) >= 11 is 0. The summed E-state index contributed by atoms with van der Waals surface area (Å²) in [6, 6.07) is 12.8. The summed E-state index contributed by atoms with van der Waals surface area (Å²) in [6.45, 7) is 12.6. The fourth-order valence-electron chi connectivity index (χ4n) is 8.87. The summed E-state index contributed by atoms with van der Waals surface area (Å²) in [5.74, 6) is -0.925. The van der Waals surface area contributed by atoms with Crippen LogP contribution in [0.3, 0.4) is 0 Å². The number of anilines is 1. The number of ether oxygens (including phenoxy) is 1. The molecule has 9 atom stereocenters. The van der Waals surface area contributed by atoms with E-state index >= 15 is 4.39 Å². The highest BCUT2D eigenvalue weighted by Crippen LogP contribution is 2.48. The number of aliphatic hydroxyl groups is 2. The number of amides is 2. The molecule has 1 aromatic heterocycles. The Morgan fingerprint density at radius 1 is 1.10 bits per heavy atom. The first-order valence-corrected chi connectivity index (χ1v) is 20.4. The molecule has 1 aliphatic heterocycles. The molecule has 0 bridgehead atoms. The van der Waals surface area contributed by atoms with Gasteiger partial charge in [-0.25, -0.2) is 4.39 Å². The highest BCUT2D eigenvalue weighted by Gasteiger charge is 2.51. The van der Waals surface area contributed by atoms with E-state index in [2.05, 4.69) is 50.2 Å². The van der Waals surface area contributed by atoms with E-state index in [1.807, 2.05) is 68.3 Å². The van der Waals surface area contributed by atoms with Crippen LogP contribution in [0.2, 0.25) is 0 Å². The third-order valence-electron chi connectivity index (χ3n) is 13.0. The van der Waals surface area contributed by atoms with Gasteiger partial charge in [0.05, 0.1) is 26.4 Å². The molecular formula is C45H65FN6O6. The van der Waals surface area contributed by atoms with Crippen molar-refractivity contribution in [2.24, 2.45) is 29.1 Å². The first-order chi connectivity index (χ1) is 27.4. The lowest BCUT2D eigenvalue weighted by molar-refractivity contribution is -0.182. The van der Waals surface area contributed by atoms with E-state index in [0.717, 1.165) is 17.8 Å². The molecule has 2 fully saturated rings. The fraction of sp³-hybridized carbons (Fsp3) is 0.578. The Balaban J connectivity index is 1.49. The lowest BCUT2D eigenvalue weighted by Gasteiger charge is -2.50. The number of aromatic nitrogens is 1. The van der Waals surface area contributed by atoms with E-state index in [0.29, 0.717) is 41.5 Å². The van der Waals surface area contributed by atoms with E-state index < -0.39 is 36.6 Å². The molecule has 0 radical (unpaired) electrons. The van der Waals surface area contributed by atoms with Gasteiger partial charge in [-0.1, -0.05) is 40.7 Å².